The fraction of sp³-hybridized carbons (Fsp3) is 0.0200. The summed E-state index contributed by atoms with van der Waals surface area (Å²) in [6.45, 7) is 0. The molecule has 54 heavy (non-hydrogen) atoms. The quantitative estimate of drug-likeness (QED) is 0.174. The first-order chi connectivity index (χ1) is 26.7. The van der Waals surface area contributed by atoms with E-state index >= 15 is 0 Å². The molecule has 3 heterocycles. The number of hydrogen-bond donors (Lipinski definition) is 0. The monoisotopic (exact) mass is 687 g/mol. The lowest BCUT2D eigenvalue weighted by molar-refractivity contribution is 0.438. The zero-order valence-corrected chi connectivity index (χ0v) is 29.0. The summed E-state index contributed by atoms with van der Waals surface area (Å²) in [4.78, 5) is 10.4. The van der Waals surface area contributed by atoms with Crippen molar-refractivity contribution in [2.24, 2.45) is 0 Å². The van der Waals surface area contributed by atoms with Crippen molar-refractivity contribution < 1.29 is 4.74 Å². The van der Waals surface area contributed by atoms with E-state index in [1.165, 1.54) is 22.3 Å². The van der Waals surface area contributed by atoms with E-state index in [0.717, 1.165) is 78.1 Å². The van der Waals surface area contributed by atoms with E-state index in [1.54, 1.807) is 0 Å². The molecule has 7 aromatic carbocycles. The number of aromatic nitrogens is 2. The normalized spacial score (nSPS) is 13.1. The van der Waals surface area contributed by atoms with Crippen LogP contribution < -0.4 is 4.74 Å². The van der Waals surface area contributed by atoms with Crippen molar-refractivity contribution in [3.05, 3.63) is 204 Å². The number of rotatable bonds is 3. The van der Waals surface area contributed by atoms with Gasteiger partial charge in [0, 0.05) is 38.6 Å². The fourth-order valence-electron chi connectivity index (χ4n) is 8.79. The van der Waals surface area contributed by atoms with Gasteiger partial charge in [0.05, 0.1) is 39.5 Å². The third kappa shape index (κ3) is 4.30. The van der Waals surface area contributed by atoms with Crippen molar-refractivity contribution in [1.82, 2.24) is 9.97 Å². The Morgan fingerprint density at radius 2 is 0.963 bits per heavy atom. The first kappa shape index (κ1) is 30.3. The number of pyridine rings is 2. The van der Waals surface area contributed by atoms with Crippen LogP contribution in [0, 0.1) is 11.3 Å². The largest absolute Gasteiger partial charge is 0.456 e. The van der Waals surface area contributed by atoms with Gasteiger partial charge in [-0.15, -0.1) is 0 Å². The van der Waals surface area contributed by atoms with Gasteiger partial charge in [0.15, 0.2) is 0 Å². The molecule has 1 spiro atoms. The van der Waals surface area contributed by atoms with E-state index in [2.05, 4.69) is 152 Å². The molecule has 0 amide bonds. The smallest absolute Gasteiger partial charge is 0.140 e. The summed E-state index contributed by atoms with van der Waals surface area (Å²) < 4.78 is 6.95. The highest BCUT2D eigenvalue weighted by molar-refractivity contribution is 6.04. The van der Waals surface area contributed by atoms with Crippen LogP contribution in [0.3, 0.4) is 0 Å². The molecule has 0 radical (unpaired) electrons. The molecule has 0 saturated heterocycles. The summed E-state index contributed by atoms with van der Waals surface area (Å²) in [7, 11) is 0. The highest BCUT2D eigenvalue weighted by Gasteiger charge is 2.51. The molecule has 0 fully saturated rings. The lowest BCUT2D eigenvalue weighted by Crippen LogP contribution is -2.32. The van der Waals surface area contributed by atoms with Crippen LogP contribution in [0.5, 0.6) is 11.5 Å². The Morgan fingerprint density at radius 1 is 0.444 bits per heavy atom. The van der Waals surface area contributed by atoms with E-state index < -0.39 is 5.41 Å². The maximum absolute atomic E-state index is 9.48. The van der Waals surface area contributed by atoms with Gasteiger partial charge in [-0.05, 0) is 64.2 Å². The average Bonchev–Trinajstić information content (AvgIpc) is 3.54. The zero-order chi connectivity index (χ0) is 35.8. The van der Waals surface area contributed by atoms with Crippen LogP contribution in [0.25, 0.3) is 66.6 Å². The first-order valence-corrected chi connectivity index (χ1v) is 18.1. The predicted octanol–water partition coefficient (Wildman–Crippen LogP) is 12.1. The lowest BCUT2D eigenvalue weighted by Gasteiger charge is -2.40. The van der Waals surface area contributed by atoms with Gasteiger partial charge in [-0.25, -0.2) is 9.97 Å². The number of hydrogen-bond acceptors (Lipinski definition) is 4. The van der Waals surface area contributed by atoms with Gasteiger partial charge >= 0.3 is 0 Å². The molecule has 1 aliphatic heterocycles. The van der Waals surface area contributed by atoms with Gasteiger partial charge in [0.2, 0.25) is 0 Å². The van der Waals surface area contributed by atoms with Crippen LogP contribution in [0.2, 0.25) is 0 Å². The van der Waals surface area contributed by atoms with Crippen molar-refractivity contribution in [3.8, 4) is 62.3 Å². The molecule has 0 atom stereocenters. The molecule has 9 aromatic rings. The Bertz CT molecular complexity index is 3020. The van der Waals surface area contributed by atoms with E-state index in [-0.39, 0.29) is 0 Å². The van der Waals surface area contributed by atoms with Gasteiger partial charge < -0.3 is 4.74 Å². The molecule has 0 N–H and O–H groups in total. The number of ether oxygens (including phenoxy) is 1. The van der Waals surface area contributed by atoms with Gasteiger partial charge in [-0.2, -0.15) is 5.26 Å². The zero-order valence-electron chi connectivity index (χ0n) is 29.0. The third-order valence-electron chi connectivity index (χ3n) is 11.2. The third-order valence-corrected chi connectivity index (χ3v) is 11.2. The summed E-state index contributed by atoms with van der Waals surface area (Å²) in [5, 5.41) is 11.5. The van der Waals surface area contributed by atoms with E-state index in [0.29, 0.717) is 5.56 Å². The van der Waals surface area contributed by atoms with Gasteiger partial charge in [-0.1, -0.05) is 140 Å². The molecule has 1 aliphatic carbocycles. The summed E-state index contributed by atoms with van der Waals surface area (Å²) in [5.74, 6) is 1.74. The highest BCUT2D eigenvalue weighted by Crippen LogP contribution is 2.63. The molecule has 11 rings (SSSR count). The number of nitriles is 1. The molecule has 2 aromatic heterocycles. The van der Waals surface area contributed by atoms with E-state index in [4.69, 9.17) is 14.7 Å². The van der Waals surface area contributed by atoms with E-state index in [1.807, 2.05) is 30.3 Å². The Balaban J connectivity index is 1.07. The number of nitrogens with zero attached hydrogens (tertiary/aromatic N) is 3. The van der Waals surface area contributed by atoms with Crippen LogP contribution >= 0.6 is 0 Å². The summed E-state index contributed by atoms with van der Waals surface area (Å²) in [6.07, 6.45) is 0. The van der Waals surface area contributed by atoms with Crippen molar-refractivity contribution in [2.45, 2.75) is 5.41 Å². The number of benzene rings is 7. The maximum Gasteiger partial charge on any atom is 0.140 e. The van der Waals surface area contributed by atoms with Crippen molar-refractivity contribution in [2.75, 3.05) is 0 Å². The minimum atomic E-state index is -0.520. The minimum absolute atomic E-state index is 0.520. The topological polar surface area (TPSA) is 58.8 Å². The molecule has 4 heteroatoms. The number of para-hydroxylation sites is 2. The number of fused-ring (bicyclic) bond motifs is 12. The van der Waals surface area contributed by atoms with Crippen molar-refractivity contribution in [1.29, 1.82) is 5.26 Å². The second-order valence-electron chi connectivity index (χ2n) is 14.0. The summed E-state index contributed by atoms with van der Waals surface area (Å²) in [5.41, 5.74) is 14.8. The molecule has 250 valence electrons. The van der Waals surface area contributed by atoms with Crippen LogP contribution in [-0.2, 0) is 5.41 Å². The van der Waals surface area contributed by atoms with Gasteiger partial charge in [0.1, 0.15) is 11.5 Å². The molecule has 0 unspecified atom stereocenters. The molecule has 0 saturated carbocycles. The Kier molecular flexibility index (Phi) is 6.50. The second kappa shape index (κ2) is 11.6. The Morgan fingerprint density at radius 3 is 1.65 bits per heavy atom. The van der Waals surface area contributed by atoms with Crippen LogP contribution in [-0.4, -0.2) is 9.97 Å². The van der Waals surface area contributed by atoms with Gasteiger partial charge in [0.25, 0.3) is 0 Å². The van der Waals surface area contributed by atoms with Crippen molar-refractivity contribution >= 4 is 21.8 Å². The SMILES string of the molecule is N#Cc1cccc(-c2ccc3ccc4ccc(-c5cccc(-c6cccc7c6Oc6ccccc6C76c7ccccc7-c7ccccc76)c5)nc4c3n2)c1. The summed E-state index contributed by atoms with van der Waals surface area (Å²) >= 11 is 0. The Labute approximate surface area is 312 Å². The van der Waals surface area contributed by atoms with Crippen molar-refractivity contribution in [3.63, 3.8) is 0 Å². The van der Waals surface area contributed by atoms with Gasteiger partial charge in [-0.3, -0.25) is 0 Å². The van der Waals surface area contributed by atoms with Crippen LogP contribution in [0.4, 0.5) is 0 Å². The first-order valence-electron chi connectivity index (χ1n) is 18.1. The maximum atomic E-state index is 9.48. The highest BCUT2D eigenvalue weighted by atomic mass is 16.5. The summed E-state index contributed by atoms with van der Waals surface area (Å²) in [6, 6.07) is 63.6. The Hall–Kier alpha value is -7.35. The molecular formula is C50H29N3O. The predicted molar refractivity (Wildman–Crippen MR) is 215 cm³/mol. The van der Waals surface area contributed by atoms with E-state index in [9.17, 15) is 5.26 Å². The fourth-order valence-corrected chi connectivity index (χ4v) is 8.79. The molecule has 2 aliphatic rings. The van der Waals surface area contributed by atoms with Crippen LogP contribution in [0.1, 0.15) is 27.8 Å². The minimum Gasteiger partial charge on any atom is -0.456 e. The standard InChI is InChI=1S/C50H29N3O/c51-30-31-10-7-12-35(28-31)44-26-24-32-22-23-33-25-27-45(53-48(33)47(32)52-44)36-13-8-11-34(29-36)37-16-9-20-43-49(37)54-46-21-6-5-19-42(46)50(43)40-17-3-1-14-38(40)39-15-2-4-18-41(39)50/h1-29H. The molecule has 4 nitrogen and oxygen atoms in total. The van der Waals surface area contributed by atoms with Crippen LogP contribution in [0.15, 0.2) is 176 Å². The molecule has 0 bridgehead atoms. The molecular weight excluding hydrogens is 659 g/mol. The average molecular weight is 688 g/mol. The second-order valence-corrected chi connectivity index (χ2v) is 14.0. The lowest BCUT2D eigenvalue weighted by atomic mass is 9.65.